The second kappa shape index (κ2) is 8.24. The summed E-state index contributed by atoms with van der Waals surface area (Å²) in [4.78, 5) is 4.08. The summed E-state index contributed by atoms with van der Waals surface area (Å²) in [6.45, 7) is 0.629. The van der Waals surface area contributed by atoms with Gasteiger partial charge in [-0.05, 0) is 29.8 Å². The van der Waals surface area contributed by atoms with E-state index in [1.807, 2.05) is 42.6 Å². The fourth-order valence-corrected chi connectivity index (χ4v) is 1.80. The summed E-state index contributed by atoms with van der Waals surface area (Å²) in [5.41, 5.74) is 2.12. The van der Waals surface area contributed by atoms with E-state index < -0.39 is 0 Å². The fraction of sp³-hybridized carbons (Fsp3) is 0.235. The monoisotopic (exact) mass is 285 g/mol. The average Bonchev–Trinajstić information content (AvgIpc) is 2.49. The Kier molecular flexibility index (Phi) is 5.95. The molecule has 2 rings (SSSR count). The summed E-state index contributed by atoms with van der Waals surface area (Å²) in [5.74, 6) is 7.49. The number of hydrogen-bond donors (Lipinski definition) is 0. The molecule has 0 saturated carbocycles. The van der Waals surface area contributed by atoms with Crippen molar-refractivity contribution in [1.29, 1.82) is 0 Å². The highest BCUT2D eigenvalue weighted by molar-refractivity contribution is 6.18. The highest BCUT2D eigenvalue weighted by Crippen LogP contribution is 2.13. The van der Waals surface area contributed by atoms with Gasteiger partial charge in [0.2, 0.25) is 0 Å². The SMILES string of the molecule is ClCCC#Cc1cccc(OCCc2cccnc2)c1. The maximum Gasteiger partial charge on any atom is 0.120 e. The van der Waals surface area contributed by atoms with Gasteiger partial charge in [0.05, 0.1) is 6.61 Å². The summed E-state index contributed by atoms with van der Waals surface area (Å²) in [7, 11) is 0. The Hall–Kier alpha value is -1.98. The van der Waals surface area contributed by atoms with Crippen LogP contribution in [0.2, 0.25) is 0 Å². The quantitative estimate of drug-likeness (QED) is 0.617. The Morgan fingerprint density at radius 3 is 2.95 bits per heavy atom. The zero-order valence-electron chi connectivity index (χ0n) is 11.2. The lowest BCUT2D eigenvalue weighted by Gasteiger charge is -2.06. The van der Waals surface area contributed by atoms with Crippen molar-refractivity contribution in [3.05, 3.63) is 59.9 Å². The first kappa shape index (κ1) is 14.4. The van der Waals surface area contributed by atoms with Gasteiger partial charge in [0, 0.05) is 36.7 Å². The number of ether oxygens (including phenoxy) is 1. The van der Waals surface area contributed by atoms with E-state index in [-0.39, 0.29) is 0 Å². The summed E-state index contributed by atoms with van der Waals surface area (Å²) < 4.78 is 5.74. The van der Waals surface area contributed by atoms with Crippen molar-refractivity contribution in [3.63, 3.8) is 0 Å². The third-order valence-corrected chi connectivity index (χ3v) is 2.86. The van der Waals surface area contributed by atoms with Gasteiger partial charge in [0.1, 0.15) is 5.75 Å². The van der Waals surface area contributed by atoms with E-state index in [0.29, 0.717) is 18.9 Å². The van der Waals surface area contributed by atoms with E-state index in [1.54, 1.807) is 6.20 Å². The molecule has 0 amide bonds. The molecule has 3 heteroatoms. The van der Waals surface area contributed by atoms with Gasteiger partial charge >= 0.3 is 0 Å². The van der Waals surface area contributed by atoms with E-state index >= 15 is 0 Å². The molecular weight excluding hydrogens is 270 g/mol. The average molecular weight is 286 g/mol. The molecule has 0 saturated heterocycles. The third-order valence-electron chi connectivity index (χ3n) is 2.67. The lowest BCUT2D eigenvalue weighted by molar-refractivity contribution is 0.322. The topological polar surface area (TPSA) is 22.1 Å². The molecule has 0 N–H and O–H groups in total. The van der Waals surface area contributed by atoms with Crippen LogP contribution in [-0.4, -0.2) is 17.5 Å². The molecule has 0 unspecified atom stereocenters. The second-order valence-electron chi connectivity index (χ2n) is 4.23. The normalized spacial score (nSPS) is 9.65. The standard InChI is InChI=1S/C17H16ClNO/c18-10-2-1-5-15-6-3-8-17(13-15)20-12-9-16-7-4-11-19-14-16/h3-4,6-8,11,13-14H,2,9-10,12H2. The molecule has 0 atom stereocenters. The highest BCUT2D eigenvalue weighted by atomic mass is 35.5. The van der Waals surface area contributed by atoms with Crippen LogP contribution >= 0.6 is 11.6 Å². The minimum atomic E-state index is 0.564. The predicted molar refractivity (Wildman–Crippen MR) is 82.1 cm³/mol. The van der Waals surface area contributed by atoms with Crippen LogP contribution in [0.3, 0.4) is 0 Å². The molecule has 1 heterocycles. The number of pyridine rings is 1. The van der Waals surface area contributed by atoms with Crippen LogP contribution in [0.1, 0.15) is 17.5 Å². The summed E-state index contributed by atoms with van der Waals surface area (Å²) in [6.07, 6.45) is 5.17. The van der Waals surface area contributed by atoms with Gasteiger partial charge in [-0.25, -0.2) is 0 Å². The van der Waals surface area contributed by atoms with Crippen molar-refractivity contribution < 1.29 is 4.74 Å². The molecule has 2 nitrogen and oxygen atoms in total. The van der Waals surface area contributed by atoms with E-state index in [0.717, 1.165) is 17.7 Å². The second-order valence-corrected chi connectivity index (χ2v) is 4.61. The maximum absolute atomic E-state index is 5.74. The molecule has 20 heavy (non-hydrogen) atoms. The molecule has 0 aliphatic rings. The summed E-state index contributed by atoms with van der Waals surface area (Å²) >= 11 is 5.59. The molecule has 0 bridgehead atoms. The Bertz CT molecular complexity index is 587. The van der Waals surface area contributed by atoms with Crippen LogP contribution in [0.25, 0.3) is 0 Å². The van der Waals surface area contributed by atoms with Gasteiger partial charge in [-0.2, -0.15) is 0 Å². The summed E-state index contributed by atoms with van der Waals surface area (Å²) in [5, 5.41) is 0. The van der Waals surface area contributed by atoms with Crippen LogP contribution in [0.4, 0.5) is 0 Å². The number of benzene rings is 1. The molecule has 0 aliphatic heterocycles. The lowest BCUT2D eigenvalue weighted by Crippen LogP contribution is -2.01. The Morgan fingerprint density at radius 2 is 2.15 bits per heavy atom. The smallest absolute Gasteiger partial charge is 0.120 e. The van der Waals surface area contributed by atoms with Crippen molar-refractivity contribution >= 4 is 11.6 Å². The Balaban J connectivity index is 1.87. The van der Waals surface area contributed by atoms with Crippen molar-refractivity contribution in [2.24, 2.45) is 0 Å². The van der Waals surface area contributed by atoms with Crippen molar-refractivity contribution in [2.45, 2.75) is 12.8 Å². The van der Waals surface area contributed by atoms with Crippen LogP contribution < -0.4 is 4.74 Å². The first-order valence-corrected chi connectivity index (χ1v) is 7.08. The third kappa shape index (κ3) is 4.95. The molecule has 0 fully saturated rings. The van der Waals surface area contributed by atoms with Gasteiger partial charge < -0.3 is 4.74 Å². The molecule has 0 aliphatic carbocycles. The molecule has 2 aromatic rings. The van der Waals surface area contributed by atoms with Crippen LogP contribution in [0.5, 0.6) is 5.75 Å². The van der Waals surface area contributed by atoms with Gasteiger partial charge in [-0.1, -0.05) is 24.0 Å². The number of rotatable bonds is 5. The molecule has 1 aromatic heterocycles. The molecule has 102 valence electrons. The number of halogens is 1. The fourth-order valence-electron chi connectivity index (χ4n) is 1.71. The van der Waals surface area contributed by atoms with E-state index in [2.05, 4.69) is 16.8 Å². The number of alkyl halides is 1. The van der Waals surface area contributed by atoms with Crippen LogP contribution in [0.15, 0.2) is 48.8 Å². The Morgan fingerprint density at radius 1 is 1.20 bits per heavy atom. The Labute approximate surface area is 124 Å². The first-order chi connectivity index (χ1) is 9.88. The van der Waals surface area contributed by atoms with Crippen molar-refractivity contribution in [3.8, 4) is 17.6 Å². The van der Waals surface area contributed by atoms with Gasteiger partial charge in [-0.3, -0.25) is 4.98 Å². The zero-order chi connectivity index (χ0) is 14.0. The molecular formula is C17H16ClNO. The van der Waals surface area contributed by atoms with E-state index in [1.165, 1.54) is 5.56 Å². The van der Waals surface area contributed by atoms with E-state index in [9.17, 15) is 0 Å². The van der Waals surface area contributed by atoms with Gasteiger partial charge in [0.25, 0.3) is 0 Å². The molecule has 1 aromatic carbocycles. The maximum atomic E-state index is 5.74. The molecule has 0 spiro atoms. The lowest BCUT2D eigenvalue weighted by atomic mass is 10.2. The van der Waals surface area contributed by atoms with E-state index in [4.69, 9.17) is 16.3 Å². The largest absolute Gasteiger partial charge is 0.493 e. The number of aromatic nitrogens is 1. The minimum Gasteiger partial charge on any atom is -0.493 e. The number of nitrogens with zero attached hydrogens (tertiary/aromatic N) is 1. The van der Waals surface area contributed by atoms with Crippen molar-refractivity contribution in [2.75, 3.05) is 12.5 Å². The van der Waals surface area contributed by atoms with Gasteiger partial charge in [0.15, 0.2) is 0 Å². The minimum absolute atomic E-state index is 0.564. The first-order valence-electron chi connectivity index (χ1n) is 6.55. The van der Waals surface area contributed by atoms with Crippen molar-refractivity contribution in [1.82, 2.24) is 4.98 Å². The highest BCUT2D eigenvalue weighted by Gasteiger charge is 1.96. The van der Waals surface area contributed by atoms with Crippen LogP contribution in [0, 0.1) is 11.8 Å². The van der Waals surface area contributed by atoms with Crippen LogP contribution in [-0.2, 0) is 6.42 Å². The number of hydrogen-bond acceptors (Lipinski definition) is 2. The summed E-state index contributed by atoms with van der Waals surface area (Å²) in [6, 6.07) is 11.8. The van der Waals surface area contributed by atoms with Gasteiger partial charge in [-0.15, -0.1) is 11.6 Å². The zero-order valence-corrected chi connectivity index (χ0v) is 11.9. The predicted octanol–water partition coefficient (Wildman–Crippen LogP) is 3.68. The molecule has 0 radical (unpaired) electrons.